The van der Waals surface area contributed by atoms with E-state index in [9.17, 15) is 9.50 Å². The van der Waals surface area contributed by atoms with E-state index in [1.165, 1.54) is 12.1 Å². The first-order chi connectivity index (χ1) is 5.99. The SMILES string of the molecule is CC(C)(ON)c1cccc(F)c1O. The Kier molecular flexibility index (Phi) is 2.54. The molecular formula is C9H12FNO2. The molecule has 0 amide bonds. The molecular weight excluding hydrogens is 173 g/mol. The first-order valence-corrected chi connectivity index (χ1v) is 3.85. The highest BCUT2D eigenvalue weighted by Crippen LogP contribution is 2.32. The average Bonchev–Trinajstić information content (AvgIpc) is 2.09. The molecule has 0 bridgehead atoms. The van der Waals surface area contributed by atoms with Gasteiger partial charge in [-0.1, -0.05) is 12.1 Å². The summed E-state index contributed by atoms with van der Waals surface area (Å²) in [4.78, 5) is 4.63. The molecule has 0 atom stereocenters. The molecule has 0 aliphatic heterocycles. The summed E-state index contributed by atoms with van der Waals surface area (Å²) in [5, 5.41) is 9.35. The van der Waals surface area contributed by atoms with Crippen molar-refractivity contribution in [2.24, 2.45) is 5.90 Å². The van der Waals surface area contributed by atoms with Crippen LogP contribution < -0.4 is 5.90 Å². The lowest BCUT2D eigenvalue weighted by molar-refractivity contribution is -0.0253. The number of rotatable bonds is 2. The van der Waals surface area contributed by atoms with Crippen LogP contribution >= 0.6 is 0 Å². The number of hydrogen-bond donors (Lipinski definition) is 2. The van der Waals surface area contributed by atoms with Gasteiger partial charge in [0.2, 0.25) is 0 Å². The Balaban J connectivity index is 3.22. The van der Waals surface area contributed by atoms with Crippen LogP contribution in [-0.4, -0.2) is 5.11 Å². The van der Waals surface area contributed by atoms with Gasteiger partial charge in [0.1, 0.15) is 5.60 Å². The van der Waals surface area contributed by atoms with Gasteiger partial charge < -0.3 is 5.11 Å². The minimum atomic E-state index is -0.897. The zero-order valence-corrected chi connectivity index (χ0v) is 7.54. The fourth-order valence-electron chi connectivity index (χ4n) is 1.06. The van der Waals surface area contributed by atoms with E-state index in [2.05, 4.69) is 4.84 Å². The molecule has 1 aromatic carbocycles. The van der Waals surface area contributed by atoms with Crippen molar-refractivity contribution in [3.63, 3.8) is 0 Å². The third-order valence-electron chi connectivity index (χ3n) is 1.93. The summed E-state index contributed by atoms with van der Waals surface area (Å²) in [7, 11) is 0. The molecule has 72 valence electrons. The van der Waals surface area contributed by atoms with Crippen LogP contribution in [0.15, 0.2) is 18.2 Å². The van der Waals surface area contributed by atoms with Crippen LogP contribution in [0.3, 0.4) is 0 Å². The van der Waals surface area contributed by atoms with Crippen LogP contribution in [0.1, 0.15) is 19.4 Å². The van der Waals surface area contributed by atoms with E-state index in [4.69, 9.17) is 5.90 Å². The summed E-state index contributed by atoms with van der Waals surface area (Å²) in [6, 6.07) is 4.22. The fourth-order valence-corrected chi connectivity index (χ4v) is 1.06. The second-order valence-corrected chi connectivity index (χ2v) is 3.26. The van der Waals surface area contributed by atoms with Crippen molar-refractivity contribution >= 4 is 0 Å². The highest BCUT2D eigenvalue weighted by molar-refractivity contribution is 5.37. The fraction of sp³-hybridized carbons (Fsp3) is 0.333. The van der Waals surface area contributed by atoms with Crippen molar-refractivity contribution in [2.45, 2.75) is 19.4 Å². The zero-order chi connectivity index (χ0) is 10.1. The lowest BCUT2D eigenvalue weighted by atomic mass is 9.97. The Hall–Kier alpha value is -1.13. The standard InChI is InChI=1S/C9H12FNO2/c1-9(2,13-11)6-4-3-5-7(10)8(6)12/h3-5,12H,11H2,1-2H3. The van der Waals surface area contributed by atoms with Gasteiger partial charge in [0.15, 0.2) is 11.6 Å². The monoisotopic (exact) mass is 185 g/mol. The van der Waals surface area contributed by atoms with E-state index in [-0.39, 0.29) is 0 Å². The molecule has 1 aromatic rings. The lowest BCUT2D eigenvalue weighted by Gasteiger charge is -2.23. The largest absolute Gasteiger partial charge is 0.505 e. The number of halogens is 1. The normalized spacial score (nSPS) is 11.7. The number of phenols is 1. The average molecular weight is 185 g/mol. The predicted octanol–water partition coefficient (Wildman–Crippen LogP) is 1.66. The summed E-state index contributed by atoms with van der Waals surface area (Å²) < 4.78 is 12.9. The maximum atomic E-state index is 12.9. The maximum Gasteiger partial charge on any atom is 0.165 e. The zero-order valence-electron chi connectivity index (χ0n) is 7.54. The molecule has 0 radical (unpaired) electrons. The third-order valence-corrected chi connectivity index (χ3v) is 1.93. The second kappa shape index (κ2) is 3.32. The Labute approximate surface area is 75.9 Å². The number of para-hydroxylation sites is 1. The predicted molar refractivity (Wildman–Crippen MR) is 46.4 cm³/mol. The molecule has 0 aromatic heterocycles. The maximum absolute atomic E-state index is 12.9. The van der Waals surface area contributed by atoms with Crippen molar-refractivity contribution in [3.8, 4) is 5.75 Å². The number of hydrogen-bond acceptors (Lipinski definition) is 3. The first kappa shape index (κ1) is 9.95. The van der Waals surface area contributed by atoms with Crippen LogP contribution in [0, 0.1) is 5.82 Å². The van der Waals surface area contributed by atoms with Crippen molar-refractivity contribution in [2.75, 3.05) is 0 Å². The molecule has 13 heavy (non-hydrogen) atoms. The van der Waals surface area contributed by atoms with Crippen molar-refractivity contribution in [1.29, 1.82) is 0 Å². The van der Waals surface area contributed by atoms with E-state index in [1.54, 1.807) is 19.9 Å². The molecule has 0 saturated carbocycles. The molecule has 3 N–H and O–H groups in total. The quantitative estimate of drug-likeness (QED) is 0.689. The molecule has 0 fully saturated rings. The van der Waals surface area contributed by atoms with Gasteiger partial charge >= 0.3 is 0 Å². The van der Waals surface area contributed by atoms with E-state index in [1.807, 2.05) is 0 Å². The number of benzene rings is 1. The summed E-state index contributed by atoms with van der Waals surface area (Å²) in [5.74, 6) is 3.93. The van der Waals surface area contributed by atoms with Crippen molar-refractivity contribution < 1.29 is 14.3 Å². The molecule has 0 heterocycles. The van der Waals surface area contributed by atoms with Crippen LogP contribution in [0.2, 0.25) is 0 Å². The van der Waals surface area contributed by atoms with Gasteiger partial charge in [0, 0.05) is 5.56 Å². The Morgan fingerprint density at radius 3 is 2.62 bits per heavy atom. The lowest BCUT2D eigenvalue weighted by Crippen LogP contribution is -2.25. The van der Waals surface area contributed by atoms with Crippen LogP contribution in [0.25, 0.3) is 0 Å². The van der Waals surface area contributed by atoms with Crippen molar-refractivity contribution in [1.82, 2.24) is 0 Å². The summed E-state index contributed by atoms with van der Waals surface area (Å²) in [6.45, 7) is 3.28. The molecule has 3 nitrogen and oxygen atoms in total. The smallest absolute Gasteiger partial charge is 0.165 e. The molecule has 0 aliphatic rings. The molecule has 0 unspecified atom stereocenters. The summed E-state index contributed by atoms with van der Waals surface area (Å²) >= 11 is 0. The van der Waals surface area contributed by atoms with Gasteiger partial charge in [-0.15, -0.1) is 0 Å². The van der Waals surface area contributed by atoms with Gasteiger partial charge in [-0.2, -0.15) is 0 Å². The first-order valence-electron chi connectivity index (χ1n) is 3.85. The topological polar surface area (TPSA) is 55.5 Å². The van der Waals surface area contributed by atoms with Gasteiger partial charge in [0.05, 0.1) is 0 Å². The number of nitrogens with two attached hydrogens (primary N) is 1. The molecule has 1 rings (SSSR count). The van der Waals surface area contributed by atoms with Crippen LogP contribution in [0.4, 0.5) is 4.39 Å². The van der Waals surface area contributed by atoms with E-state index in [0.717, 1.165) is 0 Å². The Bertz CT molecular complexity index is 312. The van der Waals surface area contributed by atoms with Gasteiger partial charge in [-0.25, -0.2) is 10.3 Å². The van der Waals surface area contributed by atoms with Gasteiger partial charge in [-0.3, -0.25) is 4.84 Å². The second-order valence-electron chi connectivity index (χ2n) is 3.26. The van der Waals surface area contributed by atoms with Crippen LogP contribution in [-0.2, 0) is 10.4 Å². The Morgan fingerprint density at radius 1 is 1.46 bits per heavy atom. The highest BCUT2D eigenvalue weighted by Gasteiger charge is 2.25. The molecule has 0 spiro atoms. The molecule has 0 aliphatic carbocycles. The van der Waals surface area contributed by atoms with Crippen molar-refractivity contribution in [3.05, 3.63) is 29.6 Å². The van der Waals surface area contributed by atoms with E-state index >= 15 is 0 Å². The summed E-state index contributed by atoms with van der Waals surface area (Å²) in [5.41, 5.74) is -0.568. The van der Waals surface area contributed by atoms with E-state index in [0.29, 0.717) is 5.56 Å². The van der Waals surface area contributed by atoms with Gasteiger partial charge in [0.25, 0.3) is 0 Å². The summed E-state index contributed by atoms with van der Waals surface area (Å²) in [6.07, 6.45) is 0. The number of phenolic OH excluding ortho intramolecular Hbond substituents is 1. The highest BCUT2D eigenvalue weighted by atomic mass is 19.1. The third kappa shape index (κ3) is 1.79. The van der Waals surface area contributed by atoms with Crippen LogP contribution in [0.5, 0.6) is 5.75 Å². The minimum absolute atomic E-state index is 0.329. The number of aromatic hydroxyl groups is 1. The molecule has 4 heteroatoms. The van der Waals surface area contributed by atoms with E-state index < -0.39 is 17.2 Å². The minimum Gasteiger partial charge on any atom is -0.505 e. The Morgan fingerprint density at radius 2 is 2.08 bits per heavy atom. The molecule has 0 saturated heterocycles. The van der Waals surface area contributed by atoms with Gasteiger partial charge in [-0.05, 0) is 19.9 Å².